The number of amides is 1. The normalized spacial score (nSPS) is 9.86. The second-order valence-electron chi connectivity index (χ2n) is 2.99. The Bertz CT molecular complexity index is 410. The molecule has 0 saturated heterocycles. The summed E-state index contributed by atoms with van der Waals surface area (Å²) >= 11 is 0. The summed E-state index contributed by atoms with van der Waals surface area (Å²) in [5.41, 5.74) is 5.36. The van der Waals surface area contributed by atoms with E-state index >= 15 is 0 Å². The molecule has 1 aromatic rings. The van der Waals surface area contributed by atoms with Crippen molar-refractivity contribution in [3.63, 3.8) is 0 Å². The lowest BCUT2D eigenvalue weighted by Gasteiger charge is -2.06. The maximum Gasteiger partial charge on any atom is 0.349 e. The Labute approximate surface area is 80.8 Å². The molecular formula is C8H12N4O2. The summed E-state index contributed by atoms with van der Waals surface area (Å²) in [4.78, 5) is 25.3. The molecule has 14 heavy (non-hydrogen) atoms. The van der Waals surface area contributed by atoms with Gasteiger partial charge in [-0.05, 0) is 6.92 Å². The minimum Gasteiger partial charge on any atom is -0.368 e. The van der Waals surface area contributed by atoms with E-state index in [4.69, 9.17) is 5.73 Å². The Morgan fingerprint density at radius 2 is 2.36 bits per heavy atom. The quantitative estimate of drug-likeness (QED) is 0.647. The zero-order valence-corrected chi connectivity index (χ0v) is 8.07. The zero-order valence-electron chi connectivity index (χ0n) is 8.07. The number of aromatic nitrogens is 2. The van der Waals surface area contributed by atoms with E-state index in [-0.39, 0.29) is 12.2 Å². The van der Waals surface area contributed by atoms with Gasteiger partial charge in [0.2, 0.25) is 5.91 Å². The van der Waals surface area contributed by atoms with Crippen LogP contribution < -0.4 is 16.7 Å². The fraction of sp³-hybridized carbons (Fsp3) is 0.375. The Hall–Kier alpha value is -1.85. The van der Waals surface area contributed by atoms with E-state index in [1.165, 1.54) is 4.57 Å². The summed E-state index contributed by atoms with van der Waals surface area (Å²) < 4.78 is 1.37. The van der Waals surface area contributed by atoms with Crippen LogP contribution in [0.5, 0.6) is 0 Å². The number of anilines is 1. The van der Waals surface area contributed by atoms with Crippen LogP contribution in [0, 0.1) is 6.92 Å². The molecular weight excluding hydrogens is 184 g/mol. The highest BCUT2D eigenvalue weighted by atomic mass is 16.1. The summed E-state index contributed by atoms with van der Waals surface area (Å²) in [6.45, 7) is 1.76. The van der Waals surface area contributed by atoms with Gasteiger partial charge in [0.1, 0.15) is 5.82 Å². The Kier molecular flexibility index (Phi) is 2.85. The summed E-state index contributed by atoms with van der Waals surface area (Å²) in [6.07, 6.45) is 1.64. The molecule has 0 aliphatic carbocycles. The minimum atomic E-state index is -0.494. The lowest BCUT2D eigenvalue weighted by molar-refractivity contribution is -0.116. The lowest BCUT2D eigenvalue weighted by Crippen LogP contribution is -2.26. The molecule has 0 aliphatic rings. The zero-order chi connectivity index (χ0) is 10.7. The largest absolute Gasteiger partial charge is 0.368 e. The number of primary amides is 1. The first-order chi connectivity index (χ1) is 6.50. The number of hydrogen-bond donors (Lipinski definition) is 2. The average molecular weight is 196 g/mol. The molecule has 76 valence electrons. The predicted octanol–water partition coefficient (Wildman–Crippen LogP) is -1.01. The molecule has 0 radical (unpaired) electrons. The monoisotopic (exact) mass is 196 g/mol. The second-order valence-corrected chi connectivity index (χ2v) is 2.99. The van der Waals surface area contributed by atoms with Crippen LogP contribution in [-0.4, -0.2) is 22.0 Å². The number of carbonyl (C=O) groups excluding carboxylic acids is 1. The first kappa shape index (κ1) is 10.2. The van der Waals surface area contributed by atoms with Gasteiger partial charge in [0.25, 0.3) is 0 Å². The van der Waals surface area contributed by atoms with Crippen molar-refractivity contribution in [3.8, 4) is 0 Å². The third-order valence-electron chi connectivity index (χ3n) is 1.70. The average Bonchev–Trinajstić information content (AvgIpc) is 2.09. The lowest BCUT2D eigenvalue weighted by atomic mass is 10.3. The third kappa shape index (κ3) is 2.32. The van der Waals surface area contributed by atoms with Crippen LogP contribution in [0.4, 0.5) is 5.82 Å². The number of nitrogens with one attached hydrogen (secondary N) is 1. The molecule has 0 aromatic carbocycles. The Balaban J connectivity index is 2.93. The van der Waals surface area contributed by atoms with Crippen molar-refractivity contribution < 1.29 is 4.79 Å². The molecule has 0 bridgehead atoms. The van der Waals surface area contributed by atoms with Crippen LogP contribution in [0.15, 0.2) is 11.0 Å². The summed E-state index contributed by atoms with van der Waals surface area (Å²) in [6, 6.07) is 0. The van der Waals surface area contributed by atoms with E-state index in [1.807, 2.05) is 0 Å². The van der Waals surface area contributed by atoms with Gasteiger partial charge in [-0.1, -0.05) is 0 Å². The SMILES string of the molecule is Cc1cn(C)c(=O)nc1NCC(N)=O. The Morgan fingerprint density at radius 1 is 1.71 bits per heavy atom. The topological polar surface area (TPSA) is 90.0 Å². The van der Waals surface area contributed by atoms with E-state index < -0.39 is 5.91 Å². The van der Waals surface area contributed by atoms with E-state index in [9.17, 15) is 9.59 Å². The van der Waals surface area contributed by atoms with E-state index in [1.54, 1.807) is 20.2 Å². The maximum atomic E-state index is 11.1. The van der Waals surface area contributed by atoms with Crippen molar-refractivity contribution in [1.82, 2.24) is 9.55 Å². The van der Waals surface area contributed by atoms with Gasteiger partial charge in [-0.15, -0.1) is 0 Å². The Morgan fingerprint density at radius 3 is 2.93 bits per heavy atom. The van der Waals surface area contributed by atoms with Crippen molar-refractivity contribution in [2.45, 2.75) is 6.92 Å². The van der Waals surface area contributed by atoms with Gasteiger partial charge in [-0.3, -0.25) is 4.79 Å². The standard InChI is InChI=1S/C8H12N4O2/c1-5-4-12(2)8(14)11-7(5)10-3-6(9)13/h4H,3H2,1-2H3,(H2,9,13)(H,10,11,14). The van der Waals surface area contributed by atoms with Gasteiger partial charge in [0.15, 0.2) is 0 Å². The molecule has 1 aromatic heterocycles. The van der Waals surface area contributed by atoms with Gasteiger partial charge in [0, 0.05) is 18.8 Å². The molecule has 0 aliphatic heterocycles. The van der Waals surface area contributed by atoms with Crippen LogP contribution in [0.1, 0.15) is 5.56 Å². The van der Waals surface area contributed by atoms with Crippen LogP contribution in [0.25, 0.3) is 0 Å². The van der Waals surface area contributed by atoms with Gasteiger partial charge in [0.05, 0.1) is 6.54 Å². The second kappa shape index (κ2) is 3.91. The fourth-order valence-electron chi connectivity index (χ4n) is 1.02. The number of hydrogen-bond acceptors (Lipinski definition) is 4. The highest BCUT2D eigenvalue weighted by molar-refractivity contribution is 5.78. The van der Waals surface area contributed by atoms with Crippen molar-refractivity contribution in [2.24, 2.45) is 12.8 Å². The van der Waals surface area contributed by atoms with Crippen LogP contribution >= 0.6 is 0 Å². The summed E-state index contributed by atoms with van der Waals surface area (Å²) in [5, 5.41) is 2.68. The van der Waals surface area contributed by atoms with Crippen LogP contribution in [0.2, 0.25) is 0 Å². The minimum absolute atomic E-state index is 0.0268. The summed E-state index contributed by atoms with van der Waals surface area (Å²) in [7, 11) is 1.61. The number of carbonyl (C=O) groups is 1. The molecule has 0 spiro atoms. The maximum absolute atomic E-state index is 11.1. The van der Waals surface area contributed by atoms with E-state index in [0.717, 1.165) is 5.56 Å². The van der Waals surface area contributed by atoms with Gasteiger partial charge in [-0.25, -0.2) is 4.79 Å². The van der Waals surface area contributed by atoms with E-state index in [2.05, 4.69) is 10.3 Å². The molecule has 6 heteroatoms. The molecule has 1 heterocycles. The van der Waals surface area contributed by atoms with Gasteiger partial charge in [-0.2, -0.15) is 4.98 Å². The molecule has 0 atom stereocenters. The fourth-order valence-corrected chi connectivity index (χ4v) is 1.02. The molecule has 1 amide bonds. The number of rotatable bonds is 3. The molecule has 0 fully saturated rings. The van der Waals surface area contributed by atoms with Crippen molar-refractivity contribution in [1.29, 1.82) is 0 Å². The number of nitrogens with two attached hydrogens (primary N) is 1. The molecule has 3 N–H and O–H groups in total. The molecule has 6 nitrogen and oxygen atoms in total. The van der Waals surface area contributed by atoms with Crippen molar-refractivity contribution in [3.05, 3.63) is 22.2 Å². The first-order valence-electron chi connectivity index (χ1n) is 4.07. The van der Waals surface area contributed by atoms with Crippen LogP contribution in [0.3, 0.4) is 0 Å². The van der Waals surface area contributed by atoms with Crippen molar-refractivity contribution >= 4 is 11.7 Å². The third-order valence-corrected chi connectivity index (χ3v) is 1.70. The number of aryl methyl sites for hydroxylation is 2. The highest BCUT2D eigenvalue weighted by Crippen LogP contribution is 2.05. The predicted molar refractivity (Wildman–Crippen MR) is 51.9 cm³/mol. The van der Waals surface area contributed by atoms with Gasteiger partial charge < -0.3 is 15.6 Å². The van der Waals surface area contributed by atoms with Crippen molar-refractivity contribution in [2.75, 3.05) is 11.9 Å². The smallest absolute Gasteiger partial charge is 0.349 e. The first-order valence-corrected chi connectivity index (χ1v) is 4.07. The van der Waals surface area contributed by atoms with Gasteiger partial charge >= 0.3 is 5.69 Å². The number of nitrogens with zero attached hydrogens (tertiary/aromatic N) is 2. The molecule has 0 unspecified atom stereocenters. The highest BCUT2D eigenvalue weighted by Gasteiger charge is 2.03. The van der Waals surface area contributed by atoms with E-state index in [0.29, 0.717) is 5.82 Å². The van der Waals surface area contributed by atoms with Crippen LogP contribution in [-0.2, 0) is 11.8 Å². The summed E-state index contributed by atoms with van der Waals surface area (Å²) in [5.74, 6) is -0.0984. The molecule has 1 rings (SSSR count). The molecule has 0 saturated carbocycles.